The molecule has 1 fully saturated rings. The molecule has 0 radical (unpaired) electrons. The zero-order valence-corrected chi connectivity index (χ0v) is 25.0. The average molecular weight is 576 g/mol. The molecule has 0 bridgehead atoms. The molecule has 3 heterocycles. The van der Waals surface area contributed by atoms with Crippen molar-refractivity contribution in [2.45, 2.75) is 25.9 Å². The summed E-state index contributed by atoms with van der Waals surface area (Å²) in [7, 11) is 5.63. The Morgan fingerprint density at radius 1 is 1.05 bits per heavy atom. The molecule has 40 heavy (non-hydrogen) atoms. The van der Waals surface area contributed by atoms with E-state index >= 15 is 0 Å². The highest BCUT2D eigenvalue weighted by atomic mass is 32.1. The molecular formula is C29H29N3O6SSi. The van der Waals surface area contributed by atoms with Crippen LogP contribution in [0.25, 0.3) is 5.57 Å². The zero-order chi connectivity index (χ0) is 29.1. The maximum Gasteiger partial charge on any atom is 0.373 e. The van der Waals surface area contributed by atoms with Crippen molar-refractivity contribution in [2.75, 3.05) is 33.1 Å². The molecule has 2 aromatic rings. The molecule has 2 amide bonds. The monoisotopic (exact) mass is 575 g/mol. The zero-order valence-electron chi connectivity index (χ0n) is 23.2. The van der Waals surface area contributed by atoms with E-state index in [9.17, 15) is 24.3 Å². The van der Waals surface area contributed by atoms with Crippen molar-refractivity contribution in [1.29, 1.82) is 0 Å². The molecule has 1 aromatic carbocycles. The molecule has 11 heteroatoms. The first kappa shape index (κ1) is 27.5. The Morgan fingerprint density at radius 2 is 1.73 bits per heavy atom. The number of anilines is 1. The van der Waals surface area contributed by atoms with E-state index in [1.54, 1.807) is 0 Å². The topological polar surface area (TPSA) is 110 Å². The van der Waals surface area contributed by atoms with Gasteiger partial charge in [-0.2, -0.15) is 0 Å². The van der Waals surface area contributed by atoms with Crippen LogP contribution in [-0.2, 0) is 14.4 Å². The van der Waals surface area contributed by atoms with Gasteiger partial charge >= 0.3 is 5.97 Å². The number of carboxylic acid groups (broad SMARTS) is 1. The van der Waals surface area contributed by atoms with E-state index < -0.39 is 31.8 Å². The third kappa shape index (κ3) is 4.44. The van der Waals surface area contributed by atoms with Crippen molar-refractivity contribution in [3.8, 4) is 0 Å². The molecule has 1 aromatic heterocycles. The van der Waals surface area contributed by atoms with Gasteiger partial charge in [-0.15, -0.1) is 16.4 Å². The third-order valence-corrected chi connectivity index (χ3v) is 12.1. The molecule has 0 atom stereocenters. The van der Waals surface area contributed by atoms with Crippen molar-refractivity contribution in [3.05, 3.63) is 74.1 Å². The minimum atomic E-state index is -2.27. The predicted molar refractivity (Wildman–Crippen MR) is 153 cm³/mol. The Labute approximate surface area is 236 Å². The van der Waals surface area contributed by atoms with Crippen LogP contribution < -0.4 is 15.2 Å². The highest BCUT2D eigenvalue weighted by Gasteiger charge is 2.41. The maximum absolute atomic E-state index is 13.0. The highest BCUT2D eigenvalue weighted by molar-refractivity contribution is 7.16. The summed E-state index contributed by atoms with van der Waals surface area (Å²) in [6.45, 7) is 4.56. The summed E-state index contributed by atoms with van der Waals surface area (Å²) >= 11 is 0.709. The SMILES string of the molecule is CN(C)c1ccc2c(c1)[Si](C)(C)C1=CC(=[N+](C)C)C=CC1=C2c1cc(C(=O)ON2C(=O)CCC2=O)sc1C(=O)[O-]. The number of carbonyl (C=O) groups is 4. The smallest absolute Gasteiger partial charge is 0.373 e. The van der Waals surface area contributed by atoms with Gasteiger partial charge in [0, 0.05) is 50.3 Å². The summed E-state index contributed by atoms with van der Waals surface area (Å²) in [6, 6.07) is 7.63. The van der Waals surface area contributed by atoms with Gasteiger partial charge in [0.05, 0.1) is 10.8 Å². The van der Waals surface area contributed by atoms with E-state index in [-0.39, 0.29) is 22.6 Å². The molecule has 0 unspecified atom stereocenters. The third-order valence-electron chi connectivity index (χ3n) is 7.49. The quantitative estimate of drug-likeness (QED) is 0.304. The van der Waals surface area contributed by atoms with Crippen LogP contribution in [0.1, 0.15) is 43.3 Å². The van der Waals surface area contributed by atoms with Crippen molar-refractivity contribution < 1.29 is 33.7 Å². The summed E-state index contributed by atoms with van der Waals surface area (Å²) < 4.78 is 2.03. The lowest BCUT2D eigenvalue weighted by atomic mass is 9.89. The average Bonchev–Trinajstić information content (AvgIpc) is 3.48. The Kier molecular flexibility index (Phi) is 6.75. The Balaban J connectivity index is 1.74. The lowest BCUT2D eigenvalue weighted by Crippen LogP contribution is -2.49. The van der Waals surface area contributed by atoms with E-state index in [1.807, 2.05) is 62.0 Å². The number of allylic oxidation sites excluding steroid dienone is 5. The minimum absolute atomic E-state index is 0.0405. The number of fused-ring (bicyclic) bond motifs is 2. The summed E-state index contributed by atoms with van der Waals surface area (Å²) in [5.74, 6) is -3.62. The number of carbonyl (C=O) groups excluding carboxylic acids is 4. The summed E-state index contributed by atoms with van der Waals surface area (Å²) in [6.07, 6.45) is 6.08. The first-order chi connectivity index (χ1) is 18.8. The number of amides is 2. The van der Waals surface area contributed by atoms with E-state index in [0.29, 0.717) is 27.5 Å². The second-order valence-corrected chi connectivity index (χ2v) is 16.2. The minimum Gasteiger partial charge on any atom is -0.544 e. The summed E-state index contributed by atoms with van der Waals surface area (Å²) in [4.78, 5) is 56.3. The van der Waals surface area contributed by atoms with Gasteiger partial charge in [-0.1, -0.05) is 19.2 Å². The molecule has 9 nitrogen and oxygen atoms in total. The van der Waals surface area contributed by atoms with Crippen LogP contribution in [0, 0.1) is 0 Å². The highest BCUT2D eigenvalue weighted by Crippen LogP contribution is 2.44. The number of hydrogen-bond acceptors (Lipinski definition) is 8. The van der Waals surface area contributed by atoms with Gasteiger partial charge in [-0.3, -0.25) is 9.59 Å². The molecule has 1 aliphatic carbocycles. The molecule has 0 N–H and O–H groups in total. The van der Waals surface area contributed by atoms with Crippen LogP contribution in [0.4, 0.5) is 5.69 Å². The number of imide groups is 1. The van der Waals surface area contributed by atoms with Crippen LogP contribution in [-0.4, -0.2) is 75.4 Å². The van der Waals surface area contributed by atoms with Crippen molar-refractivity contribution >= 4 is 65.3 Å². The lowest BCUT2D eigenvalue weighted by Gasteiger charge is -2.38. The van der Waals surface area contributed by atoms with Crippen LogP contribution >= 0.6 is 11.3 Å². The van der Waals surface area contributed by atoms with Gasteiger partial charge in [0.2, 0.25) is 0 Å². The number of hydrogen-bond donors (Lipinski definition) is 0. The predicted octanol–water partition coefficient (Wildman–Crippen LogP) is 1.88. The van der Waals surface area contributed by atoms with Crippen LogP contribution in [0.15, 0.2) is 53.3 Å². The standard InChI is InChI=1S/C29H29N3O6SSi/c1-30(2)16-7-9-18-22(13-16)40(5,6)23-14-17(31(3)4)8-10-19(23)26(18)20-15-21(39-27(20)28(35)36)29(37)38-32-24(33)11-12-25(32)34/h7-10,13-15H,11-12H2,1-6H3. The molecular weight excluding hydrogens is 546 g/mol. The van der Waals surface area contributed by atoms with Crippen LogP contribution in [0.3, 0.4) is 0 Å². The second kappa shape index (κ2) is 9.83. The number of aromatic carboxylic acids is 1. The van der Waals surface area contributed by atoms with Gasteiger partial charge in [0.25, 0.3) is 11.8 Å². The van der Waals surface area contributed by atoms with Gasteiger partial charge in [0.15, 0.2) is 5.71 Å². The first-order valence-electron chi connectivity index (χ1n) is 12.8. The van der Waals surface area contributed by atoms with E-state index in [4.69, 9.17) is 4.84 Å². The van der Waals surface area contributed by atoms with Gasteiger partial charge < -0.3 is 19.6 Å². The molecule has 206 valence electrons. The van der Waals surface area contributed by atoms with Crippen LogP contribution in [0.2, 0.25) is 13.1 Å². The van der Waals surface area contributed by atoms with Crippen molar-refractivity contribution in [1.82, 2.24) is 5.06 Å². The molecule has 0 saturated carbocycles. The molecule has 5 rings (SSSR count). The summed E-state index contributed by atoms with van der Waals surface area (Å²) in [5, 5.41) is 15.1. The van der Waals surface area contributed by atoms with Gasteiger partial charge in [-0.25, -0.2) is 9.37 Å². The van der Waals surface area contributed by atoms with E-state index in [1.165, 1.54) is 6.07 Å². The summed E-state index contributed by atoms with van der Waals surface area (Å²) in [5.41, 5.74) is 4.88. The van der Waals surface area contributed by atoms with Crippen molar-refractivity contribution in [3.63, 3.8) is 0 Å². The fourth-order valence-electron chi connectivity index (χ4n) is 5.29. The number of rotatable bonds is 5. The van der Waals surface area contributed by atoms with E-state index in [0.717, 1.165) is 32.9 Å². The number of benzene rings is 1. The molecule has 0 spiro atoms. The van der Waals surface area contributed by atoms with Gasteiger partial charge in [0.1, 0.15) is 27.0 Å². The molecule has 2 aliphatic heterocycles. The Hall–Kier alpha value is -4.09. The number of carboxylic acids is 1. The van der Waals surface area contributed by atoms with E-state index in [2.05, 4.69) is 25.2 Å². The number of hydroxylamine groups is 2. The number of nitrogens with zero attached hydrogens (tertiary/aromatic N) is 3. The fraction of sp³-hybridized carbons (Fsp3) is 0.276. The van der Waals surface area contributed by atoms with Crippen molar-refractivity contribution in [2.24, 2.45) is 0 Å². The first-order valence-corrected chi connectivity index (χ1v) is 16.6. The number of thiophene rings is 1. The molecule has 3 aliphatic rings. The maximum atomic E-state index is 13.0. The normalized spacial score (nSPS) is 17.5. The molecule has 1 saturated heterocycles. The van der Waals surface area contributed by atoms with Gasteiger partial charge in [-0.05, 0) is 51.4 Å². The fourth-order valence-corrected chi connectivity index (χ4v) is 9.23. The Morgan fingerprint density at radius 3 is 2.33 bits per heavy atom. The largest absolute Gasteiger partial charge is 0.544 e. The lowest BCUT2D eigenvalue weighted by molar-refractivity contribution is -0.462. The van der Waals surface area contributed by atoms with Crippen LogP contribution in [0.5, 0.6) is 0 Å². The Bertz CT molecular complexity index is 1620. The second-order valence-electron chi connectivity index (χ2n) is 10.9.